The van der Waals surface area contributed by atoms with Gasteiger partial charge in [-0.05, 0) is 67.4 Å². The van der Waals surface area contributed by atoms with Gasteiger partial charge >= 0.3 is 5.97 Å². The predicted molar refractivity (Wildman–Crippen MR) is 171 cm³/mol. The Labute approximate surface area is 258 Å². The Morgan fingerprint density at radius 3 is 2.19 bits per heavy atom. The van der Waals surface area contributed by atoms with Crippen molar-refractivity contribution in [2.45, 2.75) is 95.2 Å². The van der Waals surface area contributed by atoms with Crippen molar-refractivity contribution < 1.29 is 14.7 Å². The maximum atomic E-state index is 13.5. The van der Waals surface area contributed by atoms with Crippen LogP contribution in [0.1, 0.15) is 81.8 Å². The quantitative estimate of drug-likeness (QED) is 0.347. The monoisotopic (exact) mass is 585 g/mol. The average molecular weight is 586 g/mol. The highest BCUT2D eigenvalue weighted by Gasteiger charge is 2.45. The number of likely N-dealkylation sites (tertiary alicyclic amines) is 2. The molecule has 2 aliphatic heterocycles. The minimum atomic E-state index is -0.633. The highest BCUT2D eigenvalue weighted by atomic mass is 16.4. The Balaban J connectivity index is 1.09. The van der Waals surface area contributed by atoms with Crippen LogP contribution in [-0.4, -0.2) is 82.5 Å². The molecule has 1 amide bonds. The molecular weight excluding hydrogens is 534 g/mol. The van der Waals surface area contributed by atoms with Crippen LogP contribution in [0.3, 0.4) is 0 Å². The molecule has 0 spiro atoms. The number of carboxylic acids is 1. The maximum absolute atomic E-state index is 13.5. The number of piperidine rings is 1. The molecule has 0 bridgehead atoms. The number of carbonyl (C=O) groups excluding carboxylic acids is 1. The summed E-state index contributed by atoms with van der Waals surface area (Å²) < 4.78 is 0. The molecule has 5 unspecified atom stereocenters. The second-order valence-electron chi connectivity index (χ2n) is 14.0. The number of carboxylic acid groups (broad SMARTS) is 1. The molecule has 4 aliphatic rings. The zero-order valence-electron chi connectivity index (χ0n) is 26.0. The van der Waals surface area contributed by atoms with E-state index in [-0.39, 0.29) is 12.0 Å². The number of nitrogens with zero attached hydrogens (tertiary/aromatic N) is 3. The van der Waals surface area contributed by atoms with Gasteiger partial charge in [-0.2, -0.15) is 0 Å². The summed E-state index contributed by atoms with van der Waals surface area (Å²) in [6, 6.07) is 21.6. The summed E-state index contributed by atoms with van der Waals surface area (Å²) in [5.41, 5.74) is 2.58. The van der Waals surface area contributed by atoms with Crippen molar-refractivity contribution in [3.63, 3.8) is 0 Å². The molecule has 0 radical (unpaired) electrons. The second kappa shape index (κ2) is 13.9. The number of hydrogen-bond acceptors (Lipinski definition) is 4. The molecule has 6 heteroatoms. The molecule has 2 aliphatic carbocycles. The van der Waals surface area contributed by atoms with Crippen LogP contribution < -0.4 is 0 Å². The van der Waals surface area contributed by atoms with Gasteiger partial charge in [0.05, 0.1) is 0 Å². The summed E-state index contributed by atoms with van der Waals surface area (Å²) in [6.45, 7) is 7.00. The van der Waals surface area contributed by atoms with Crippen molar-refractivity contribution in [3.8, 4) is 0 Å². The number of aliphatic carboxylic acids is 1. The Kier molecular flexibility index (Phi) is 9.84. The number of aryl methyl sites for hydroxylation is 1. The Morgan fingerprint density at radius 1 is 0.907 bits per heavy atom. The lowest BCUT2D eigenvalue weighted by Crippen LogP contribution is -2.50. The van der Waals surface area contributed by atoms with E-state index in [2.05, 4.69) is 76.2 Å². The largest absolute Gasteiger partial charge is 0.480 e. The van der Waals surface area contributed by atoms with Crippen molar-refractivity contribution in [2.24, 2.45) is 17.8 Å². The van der Waals surface area contributed by atoms with E-state index in [1.165, 1.54) is 17.5 Å². The average Bonchev–Trinajstić information content (AvgIpc) is 3.60. The van der Waals surface area contributed by atoms with Crippen LogP contribution >= 0.6 is 0 Å². The number of carbonyl (C=O) groups is 2. The van der Waals surface area contributed by atoms with E-state index in [1.807, 2.05) is 6.07 Å². The summed E-state index contributed by atoms with van der Waals surface area (Å²) in [6.07, 6.45) is 10.3. The van der Waals surface area contributed by atoms with Gasteiger partial charge in [0.2, 0.25) is 5.91 Å². The number of benzene rings is 2. The van der Waals surface area contributed by atoms with E-state index in [0.717, 1.165) is 84.1 Å². The fourth-order valence-electron chi connectivity index (χ4n) is 8.59. The maximum Gasteiger partial charge on any atom is 0.321 e. The van der Waals surface area contributed by atoms with Crippen molar-refractivity contribution in [3.05, 3.63) is 71.8 Å². The van der Waals surface area contributed by atoms with Crippen molar-refractivity contribution >= 4 is 11.9 Å². The summed E-state index contributed by atoms with van der Waals surface area (Å²) in [5.74, 6) is 1.35. The molecule has 1 N–H and O–H groups in total. The molecule has 232 valence electrons. The molecule has 2 saturated heterocycles. The van der Waals surface area contributed by atoms with Gasteiger partial charge in [0, 0.05) is 57.1 Å². The Hall–Kier alpha value is -2.70. The third kappa shape index (κ3) is 7.34. The van der Waals surface area contributed by atoms with Gasteiger partial charge in [0.25, 0.3) is 0 Å². The van der Waals surface area contributed by atoms with Crippen LogP contribution in [0, 0.1) is 17.8 Å². The van der Waals surface area contributed by atoms with Crippen LogP contribution in [0.2, 0.25) is 0 Å². The molecule has 6 rings (SSSR count). The Bertz CT molecular complexity index is 1190. The van der Waals surface area contributed by atoms with E-state index in [4.69, 9.17) is 0 Å². The Morgan fingerprint density at radius 2 is 1.56 bits per heavy atom. The van der Waals surface area contributed by atoms with Crippen LogP contribution in [0.15, 0.2) is 60.7 Å². The summed E-state index contributed by atoms with van der Waals surface area (Å²) in [5, 5.41) is 10.4. The highest BCUT2D eigenvalue weighted by molar-refractivity contribution is 5.77. The minimum Gasteiger partial charge on any atom is -0.480 e. The predicted octanol–water partition coefficient (Wildman–Crippen LogP) is 6.07. The van der Waals surface area contributed by atoms with Gasteiger partial charge in [-0.1, -0.05) is 86.8 Å². The van der Waals surface area contributed by atoms with Gasteiger partial charge < -0.3 is 14.9 Å². The summed E-state index contributed by atoms with van der Waals surface area (Å²) in [4.78, 5) is 33.4. The molecule has 2 aromatic carbocycles. The van der Waals surface area contributed by atoms with Crippen LogP contribution in [-0.2, 0) is 16.0 Å². The highest BCUT2D eigenvalue weighted by Crippen LogP contribution is 2.40. The lowest BCUT2D eigenvalue weighted by atomic mass is 9.83. The van der Waals surface area contributed by atoms with Gasteiger partial charge in [-0.3, -0.25) is 14.5 Å². The molecule has 0 aromatic heterocycles. The first-order valence-corrected chi connectivity index (χ1v) is 17.1. The van der Waals surface area contributed by atoms with Gasteiger partial charge in [0.15, 0.2) is 0 Å². The van der Waals surface area contributed by atoms with Crippen LogP contribution in [0.25, 0.3) is 0 Å². The molecule has 2 saturated carbocycles. The lowest BCUT2D eigenvalue weighted by molar-refractivity contribution is -0.145. The summed E-state index contributed by atoms with van der Waals surface area (Å²) >= 11 is 0. The molecule has 43 heavy (non-hydrogen) atoms. The van der Waals surface area contributed by atoms with E-state index < -0.39 is 5.97 Å². The molecule has 6 nitrogen and oxygen atoms in total. The third-order valence-corrected chi connectivity index (χ3v) is 11.1. The van der Waals surface area contributed by atoms with E-state index in [1.54, 1.807) is 0 Å². The zero-order chi connectivity index (χ0) is 29.8. The first-order valence-electron chi connectivity index (χ1n) is 17.1. The van der Waals surface area contributed by atoms with Crippen molar-refractivity contribution in [2.75, 3.05) is 32.7 Å². The third-order valence-electron chi connectivity index (χ3n) is 11.1. The van der Waals surface area contributed by atoms with Crippen LogP contribution in [0.4, 0.5) is 0 Å². The summed E-state index contributed by atoms with van der Waals surface area (Å²) in [7, 11) is 0. The SMILES string of the molecule is CC1CC1N(C(=O)CCc1ccccc1)C1CCN(CC2CN(C(C(=O)O)C3CCCCC3)CC2c2ccccc2)CC1. The standard InChI is InChI=1S/C37H51N3O3/c1-27-23-34(27)40(35(41)18-17-28-11-5-2-6-12-28)32-19-21-38(22-20-32)24-31-25-39(26-33(31)29-13-7-3-8-14-29)36(37(42)43)30-15-9-4-10-16-30/h2-3,5-8,11-14,27,30-34,36H,4,9-10,15-26H2,1H3,(H,42,43). The van der Waals surface area contributed by atoms with Gasteiger partial charge in [0.1, 0.15) is 6.04 Å². The number of hydrogen-bond donors (Lipinski definition) is 1. The lowest BCUT2D eigenvalue weighted by Gasteiger charge is -2.40. The van der Waals surface area contributed by atoms with E-state index in [9.17, 15) is 14.7 Å². The van der Waals surface area contributed by atoms with E-state index in [0.29, 0.717) is 42.2 Å². The molecular formula is C37H51N3O3. The first kappa shape index (κ1) is 30.3. The van der Waals surface area contributed by atoms with Gasteiger partial charge in [-0.25, -0.2) is 0 Å². The topological polar surface area (TPSA) is 64.1 Å². The number of amides is 1. The molecule has 2 aromatic rings. The second-order valence-corrected chi connectivity index (χ2v) is 14.0. The van der Waals surface area contributed by atoms with Crippen molar-refractivity contribution in [1.29, 1.82) is 0 Å². The smallest absolute Gasteiger partial charge is 0.321 e. The minimum absolute atomic E-state index is 0.271. The number of rotatable bonds is 11. The van der Waals surface area contributed by atoms with Gasteiger partial charge in [-0.15, -0.1) is 0 Å². The molecule has 5 atom stereocenters. The molecule has 4 fully saturated rings. The van der Waals surface area contributed by atoms with Crippen molar-refractivity contribution in [1.82, 2.24) is 14.7 Å². The normalized spacial score (nSPS) is 28.0. The van der Waals surface area contributed by atoms with Crippen LogP contribution in [0.5, 0.6) is 0 Å². The first-order chi connectivity index (χ1) is 21.0. The molecule has 2 heterocycles. The fraction of sp³-hybridized carbons (Fsp3) is 0.622. The zero-order valence-corrected chi connectivity index (χ0v) is 26.0. The van der Waals surface area contributed by atoms with E-state index >= 15 is 0 Å². The fourth-order valence-corrected chi connectivity index (χ4v) is 8.59.